The van der Waals surface area contributed by atoms with Crippen LogP contribution in [0.3, 0.4) is 0 Å². The van der Waals surface area contributed by atoms with Gasteiger partial charge in [-0.05, 0) is 132 Å². The molecule has 4 unspecified atom stereocenters. The first kappa shape index (κ1) is 78.1. The highest BCUT2D eigenvalue weighted by molar-refractivity contribution is 7.17. The van der Waals surface area contributed by atoms with Crippen molar-refractivity contribution in [2.75, 3.05) is 39.3 Å². The van der Waals surface area contributed by atoms with Crippen LogP contribution in [0.25, 0.3) is 55.1 Å². The Balaban J connectivity index is 0.906. The van der Waals surface area contributed by atoms with E-state index in [1.807, 2.05) is 52.3 Å². The molecule has 0 saturated carbocycles. The van der Waals surface area contributed by atoms with Crippen molar-refractivity contribution in [1.82, 2.24) is 29.4 Å². The molecule has 6 aliphatic heterocycles. The third-order valence-corrected chi connectivity index (χ3v) is 27.1. The van der Waals surface area contributed by atoms with Crippen LogP contribution in [0.2, 0.25) is 0 Å². The van der Waals surface area contributed by atoms with Crippen LogP contribution in [0.4, 0.5) is 0 Å². The average Bonchev–Trinajstić information content (AvgIpc) is 1.57. The summed E-state index contributed by atoms with van der Waals surface area (Å²) in [6.45, 7) is 25.3. The summed E-state index contributed by atoms with van der Waals surface area (Å²) in [4.78, 5) is 110. The Morgan fingerprint density at radius 3 is 0.802 bits per heavy atom. The zero-order chi connectivity index (χ0) is 74.7. The Morgan fingerprint density at radius 1 is 0.264 bits per heavy atom. The van der Waals surface area contributed by atoms with E-state index in [0.29, 0.717) is 95.9 Å². The van der Waals surface area contributed by atoms with Gasteiger partial charge in [-0.2, -0.15) is 0 Å². The smallest absolute Gasteiger partial charge is 0.261 e. The van der Waals surface area contributed by atoms with Crippen LogP contribution in [0.15, 0.2) is 141 Å². The minimum Gasteiger partial charge on any atom is -0.307 e. The molecule has 0 N–H and O–H groups in total. The number of hydrogen-bond acceptors (Lipinski definition) is 10. The lowest BCUT2D eigenvalue weighted by Crippen LogP contribution is -2.34. The summed E-state index contributed by atoms with van der Waals surface area (Å²) in [6, 6.07) is 33.2. The minimum absolute atomic E-state index is 0.0841. The summed E-state index contributed by atoms with van der Waals surface area (Å²) in [5.41, 5.74) is 10.8. The Morgan fingerprint density at radius 2 is 0.528 bits per heavy atom. The molecule has 16 heteroatoms. The van der Waals surface area contributed by atoms with Gasteiger partial charge >= 0.3 is 0 Å². The van der Waals surface area contributed by atoms with Crippen molar-refractivity contribution < 1.29 is 28.8 Å². The van der Waals surface area contributed by atoms with Gasteiger partial charge in [0, 0.05) is 49.0 Å². The highest BCUT2D eigenvalue weighted by Crippen LogP contribution is 2.54. The number of hydrogen-bond donors (Lipinski definition) is 0. The third kappa shape index (κ3) is 15.7. The van der Waals surface area contributed by atoms with Gasteiger partial charge in [-0.1, -0.05) is 245 Å². The van der Waals surface area contributed by atoms with Gasteiger partial charge in [0.25, 0.3) is 35.4 Å². The van der Waals surface area contributed by atoms with E-state index >= 15 is 28.8 Å². The molecule has 6 amide bonds. The molecule has 0 aliphatic carbocycles. The zero-order valence-electron chi connectivity index (χ0n) is 64.7. The number of carbonyl (C=O) groups excluding carboxylic acids is 6. The first-order valence-electron chi connectivity index (χ1n) is 40.6. The van der Waals surface area contributed by atoms with E-state index in [1.165, 1.54) is 0 Å². The predicted octanol–water partition coefficient (Wildman–Crippen LogP) is 22.7. The Bertz CT molecular complexity index is 4070. The molecular formula is C90H112N6O6S4. The first-order valence-corrected chi connectivity index (χ1v) is 44.0. The molecule has 4 aromatic heterocycles. The van der Waals surface area contributed by atoms with Crippen molar-refractivity contribution in [2.24, 2.45) is 23.7 Å². The molecule has 12 rings (SSSR count). The van der Waals surface area contributed by atoms with Crippen LogP contribution in [-0.4, -0.2) is 104 Å². The fourth-order valence-corrected chi connectivity index (χ4v) is 20.4. The minimum atomic E-state index is -0.154. The largest absolute Gasteiger partial charge is 0.307 e. The number of thiophene rings is 4. The Labute approximate surface area is 647 Å². The molecule has 0 spiro atoms. The third-order valence-electron chi connectivity index (χ3n) is 23.0. The summed E-state index contributed by atoms with van der Waals surface area (Å²) >= 11 is 6.37. The van der Waals surface area contributed by atoms with Gasteiger partial charge in [0.1, 0.15) is 0 Å². The normalized spacial score (nSPS) is 17.3. The van der Waals surface area contributed by atoms with E-state index in [1.54, 1.807) is 45.3 Å². The van der Waals surface area contributed by atoms with E-state index in [9.17, 15) is 0 Å². The lowest BCUT2D eigenvalue weighted by Gasteiger charge is -2.29. The van der Waals surface area contributed by atoms with E-state index in [4.69, 9.17) is 0 Å². The Kier molecular flexibility index (Phi) is 26.6. The monoisotopic (exact) mass is 1500 g/mol. The average molecular weight is 1500 g/mol. The van der Waals surface area contributed by atoms with Gasteiger partial charge in [0.15, 0.2) is 0 Å². The van der Waals surface area contributed by atoms with E-state index < -0.39 is 0 Å². The lowest BCUT2D eigenvalue weighted by molar-refractivity contribution is -0.124. The number of fused-ring (bicyclic) bond motifs is 3. The predicted molar refractivity (Wildman–Crippen MR) is 441 cm³/mol. The second kappa shape index (κ2) is 36.1. The second-order valence-corrected chi connectivity index (χ2v) is 34.2. The number of rotatable bonds is 42. The summed E-state index contributed by atoms with van der Waals surface area (Å²) in [5.74, 6) is 0.519. The highest BCUT2D eigenvalue weighted by Gasteiger charge is 2.53. The maximum Gasteiger partial charge on any atom is 0.261 e. The van der Waals surface area contributed by atoms with Crippen LogP contribution in [0, 0.1) is 23.7 Å². The molecule has 106 heavy (non-hydrogen) atoms. The Hall–Kier alpha value is -7.50. The fraction of sp³-hybridized carbons (Fsp3) is 0.489. The van der Waals surface area contributed by atoms with E-state index in [2.05, 4.69) is 154 Å². The summed E-state index contributed by atoms with van der Waals surface area (Å²) < 4.78 is 0. The fourth-order valence-electron chi connectivity index (χ4n) is 16.7. The number of benzene rings is 2. The highest BCUT2D eigenvalue weighted by atomic mass is 32.1. The first-order chi connectivity index (χ1) is 51.7. The molecule has 6 aromatic rings. The van der Waals surface area contributed by atoms with Crippen molar-refractivity contribution in [3.05, 3.63) is 172 Å². The quantitative estimate of drug-likeness (QED) is 0.0352. The number of unbranched alkanes of at least 4 members (excludes halogenated alkanes) is 10. The van der Waals surface area contributed by atoms with Gasteiger partial charge in [-0.25, -0.2) is 0 Å². The van der Waals surface area contributed by atoms with Crippen molar-refractivity contribution in [3.8, 4) is 20.9 Å². The molecule has 0 saturated heterocycles. The molecule has 4 atom stereocenters. The molecule has 12 nitrogen and oxygen atoms in total. The maximum atomic E-state index is 15.7. The van der Waals surface area contributed by atoms with Crippen LogP contribution in [0.1, 0.15) is 254 Å². The molecular weight excluding hydrogens is 1390 g/mol. The number of amides is 6. The zero-order valence-corrected chi connectivity index (χ0v) is 67.9. The van der Waals surface area contributed by atoms with Gasteiger partial charge in [0.05, 0.1) is 87.1 Å². The molecule has 0 radical (unpaired) electrons. The second-order valence-electron chi connectivity index (χ2n) is 30.1. The van der Waals surface area contributed by atoms with E-state index in [-0.39, 0.29) is 47.3 Å². The van der Waals surface area contributed by atoms with Crippen molar-refractivity contribution in [3.63, 3.8) is 0 Å². The van der Waals surface area contributed by atoms with Crippen LogP contribution in [0.5, 0.6) is 0 Å². The van der Waals surface area contributed by atoms with E-state index in [0.717, 1.165) is 228 Å². The number of carbonyl (C=O) groups is 6. The summed E-state index contributed by atoms with van der Waals surface area (Å²) in [7, 11) is 0. The van der Waals surface area contributed by atoms with Crippen LogP contribution < -0.4 is 0 Å². The summed E-state index contributed by atoms with van der Waals surface area (Å²) in [5, 5.41) is 4.07. The van der Waals surface area contributed by atoms with Crippen molar-refractivity contribution in [2.45, 2.75) is 223 Å². The standard InChI is InChI=1S/C90H112N6O6S4/c1-11-21-27-29-51-91-79(65-43-39-63(40-44-65)67-47-49-71(105-67)83-77-75(87(99)95(83)57-61(19-9)35-25-15-5)81(69-37-31-53-103-69)93(89(77)101)55-59(17-7)33-23-13-3)73-74(85(91)97)80(92(86(73)98)52-30-28-22-12-2)66-45-41-64(42-46-66)68-48-50-72(106-68)84-78-76(88(100)96(84)58-62(20-10)36-26-16-6)82(70-38-32-54-104-70)94(90(78)102)56-60(18-8)34-24-14-4/h31-32,37-50,53-54,59-62H,11-30,33-36,51-52,55-58H2,1-10H3. The van der Waals surface area contributed by atoms with Gasteiger partial charge in [0.2, 0.25) is 0 Å². The topological polar surface area (TPSA) is 122 Å². The molecule has 6 aliphatic rings. The molecule has 2 aromatic carbocycles. The lowest BCUT2D eigenvalue weighted by atomic mass is 9.98. The van der Waals surface area contributed by atoms with Crippen LogP contribution >= 0.6 is 45.3 Å². The van der Waals surface area contributed by atoms with Crippen LogP contribution in [-0.2, 0) is 28.8 Å². The van der Waals surface area contributed by atoms with Crippen molar-refractivity contribution in [1.29, 1.82) is 0 Å². The molecule has 0 fully saturated rings. The maximum absolute atomic E-state index is 15.7. The summed E-state index contributed by atoms with van der Waals surface area (Å²) in [6.07, 6.45) is 24.1. The SMILES string of the molecule is CCCCCCN1C(=O)C2=C(c3ccc(-c4ccc(C5=C6C(=O)N(CC(CC)CCCC)C(c7cccs7)=C6C(=O)N5CC(CC)CCCC)s4)cc3)N(CCCCCC)C(=O)C2=C1c1ccc(-c2ccc(C3=C4C(=O)N(CC(CC)CCCC)C(c5cccs5)=C4C(=O)N3CC(CC)CCCC)s2)cc1. The molecule has 0 bridgehead atoms. The molecule has 562 valence electrons. The van der Waals surface area contributed by atoms with Gasteiger partial charge in [-0.15, -0.1) is 45.3 Å². The van der Waals surface area contributed by atoms with Gasteiger partial charge < -0.3 is 29.4 Å². The number of nitrogens with zero attached hydrogens (tertiary/aromatic N) is 6. The van der Waals surface area contributed by atoms with Gasteiger partial charge in [-0.3, -0.25) is 28.8 Å². The molecule has 10 heterocycles. The van der Waals surface area contributed by atoms with Crippen molar-refractivity contribution >= 4 is 115 Å².